The Morgan fingerprint density at radius 3 is 1.91 bits per heavy atom. The van der Waals surface area contributed by atoms with Crippen molar-refractivity contribution in [2.45, 2.75) is 13.8 Å². The number of phenolic OH excluding ortho intramolecular Hbond substituents is 1. The first kappa shape index (κ1) is 16.8. The molecule has 5 nitrogen and oxygen atoms in total. The van der Waals surface area contributed by atoms with E-state index in [1.807, 2.05) is 19.9 Å². The van der Waals surface area contributed by atoms with E-state index < -0.39 is 0 Å². The first-order chi connectivity index (χ1) is 11.0. The van der Waals surface area contributed by atoms with E-state index in [0.29, 0.717) is 34.1 Å². The second-order valence-corrected chi connectivity index (χ2v) is 5.13. The molecule has 0 saturated heterocycles. The molecule has 1 N–H and O–H groups in total. The second-order valence-electron chi connectivity index (χ2n) is 5.13. The molecule has 0 amide bonds. The predicted octanol–water partition coefficient (Wildman–Crippen LogP) is 3.71. The summed E-state index contributed by atoms with van der Waals surface area (Å²) in [6, 6.07) is 5.42. The van der Waals surface area contributed by atoms with Gasteiger partial charge in [-0.15, -0.1) is 0 Å². The topological polar surface area (TPSA) is 57.2 Å². The average molecular weight is 318 g/mol. The number of methoxy groups -OCH3 is 4. The molecule has 23 heavy (non-hydrogen) atoms. The molecule has 0 aliphatic carbocycles. The normalized spacial score (nSPS) is 10.3. The average Bonchev–Trinajstić information content (AvgIpc) is 2.57. The van der Waals surface area contributed by atoms with Crippen molar-refractivity contribution >= 4 is 0 Å². The van der Waals surface area contributed by atoms with E-state index in [0.717, 1.165) is 11.1 Å². The van der Waals surface area contributed by atoms with Gasteiger partial charge in [0.05, 0.1) is 28.4 Å². The van der Waals surface area contributed by atoms with Gasteiger partial charge < -0.3 is 24.1 Å². The van der Waals surface area contributed by atoms with Crippen LogP contribution in [0.1, 0.15) is 11.1 Å². The van der Waals surface area contributed by atoms with E-state index in [1.54, 1.807) is 33.5 Å². The molecule has 0 aliphatic heterocycles. The van der Waals surface area contributed by atoms with E-state index in [-0.39, 0.29) is 5.75 Å². The van der Waals surface area contributed by atoms with Crippen molar-refractivity contribution in [3.8, 4) is 39.9 Å². The highest BCUT2D eigenvalue weighted by Crippen LogP contribution is 2.49. The molecular formula is C18H22O5. The molecule has 0 heterocycles. The van der Waals surface area contributed by atoms with Gasteiger partial charge in [-0.3, -0.25) is 0 Å². The van der Waals surface area contributed by atoms with E-state index in [2.05, 4.69) is 0 Å². The molecule has 124 valence electrons. The summed E-state index contributed by atoms with van der Waals surface area (Å²) in [6.07, 6.45) is 0. The Labute approximate surface area is 136 Å². The molecule has 2 rings (SSSR count). The fourth-order valence-electron chi connectivity index (χ4n) is 2.65. The van der Waals surface area contributed by atoms with Crippen LogP contribution >= 0.6 is 0 Å². The molecule has 0 aromatic heterocycles. The Kier molecular flexibility index (Phi) is 4.89. The van der Waals surface area contributed by atoms with Gasteiger partial charge in [-0.1, -0.05) is 0 Å². The zero-order chi connectivity index (χ0) is 17.1. The second kappa shape index (κ2) is 6.69. The Morgan fingerprint density at radius 2 is 1.39 bits per heavy atom. The molecule has 0 saturated carbocycles. The summed E-state index contributed by atoms with van der Waals surface area (Å²) in [5, 5.41) is 10.6. The molecule has 0 spiro atoms. The van der Waals surface area contributed by atoms with Gasteiger partial charge in [0.25, 0.3) is 0 Å². The van der Waals surface area contributed by atoms with Gasteiger partial charge in [-0.25, -0.2) is 0 Å². The van der Waals surface area contributed by atoms with E-state index >= 15 is 0 Å². The van der Waals surface area contributed by atoms with Crippen LogP contribution in [0, 0.1) is 13.8 Å². The van der Waals surface area contributed by atoms with Crippen LogP contribution in [-0.2, 0) is 0 Å². The van der Waals surface area contributed by atoms with Crippen molar-refractivity contribution in [3.05, 3.63) is 29.3 Å². The molecule has 0 unspecified atom stereocenters. The third-order valence-electron chi connectivity index (χ3n) is 3.98. The Hall–Kier alpha value is -2.56. The quantitative estimate of drug-likeness (QED) is 0.910. The summed E-state index contributed by atoms with van der Waals surface area (Å²) in [5.74, 6) is 2.02. The number of hydrogen-bond acceptors (Lipinski definition) is 5. The van der Waals surface area contributed by atoms with Gasteiger partial charge in [0.15, 0.2) is 23.0 Å². The molecule has 0 bridgehead atoms. The number of hydrogen-bond donors (Lipinski definition) is 1. The van der Waals surface area contributed by atoms with Crippen LogP contribution in [-0.4, -0.2) is 33.5 Å². The van der Waals surface area contributed by atoms with Gasteiger partial charge in [0.1, 0.15) is 0 Å². The highest BCUT2D eigenvalue weighted by molar-refractivity contribution is 5.84. The maximum absolute atomic E-state index is 10.6. The Bertz CT molecular complexity index is 722. The van der Waals surface area contributed by atoms with Crippen molar-refractivity contribution in [1.82, 2.24) is 0 Å². The fourth-order valence-corrected chi connectivity index (χ4v) is 2.65. The summed E-state index contributed by atoms with van der Waals surface area (Å²) in [4.78, 5) is 0. The third-order valence-corrected chi connectivity index (χ3v) is 3.98. The lowest BCUT2D eigenvalue weighted by Gasteiger charge is -2.19. The number of aromatic hydroxyl groups is 1. The van der Waals surface area contributed by atoms with Gasteiger partial charge >= 0.3 is 0 Å². The van der Waals surface area contributed by atoms with Crippen molar-refractivity contribution in [3.63, 3.8) is 0 Å². The SMILES string of the molecule is COc1cc(C)c(C)c(-c2ccc(OC)c(OC)c2OC)c1O. The van der Waals surface area contributed by atoms with Crippen molar-refractivity contribution in [2.75, 3.05) is 28.4 Å². The fraction of sp³-hybridized carbons (Fsp3) is 0.333. The lowest BCUT2D eigenvalue weighted by Crippen LogP contribution is -1.99. The van der Waals surface area contributed by atoms with Crippen LogP contribution < -0.4 is 18.9 Å². The third kappa shape index (κ3) is 2.74. The molecule has 0 radical (unpaired) electrons. The lowest BCUT2D eigenvalue weighted by atomic mass is 9.94. The predicted molar refractivity (Wildman–Crippen MR) is 89.2 cm³/mol. The summed E-state index contributed by atoms with van der Waals surface area (Å²) in [7, 11) is 6.20. The first-order valence-corrected chi connectivity index (χ1v) is 7.16. The zero-order valence-electron chi connectivity index (χ0n) is 14.3. The molecule has 2 aromatic rings. The summed E-state index contributed by atoms with van der Waals surface area (Å²) < 4.78 is 21.5. The number of phenols is 1. The van der Waals surface area contributed by atoms with Crippen LogP contribution in [0.4, 0.5) is 0 Å². The number of benzene rings is 2. The summed E-state index contributed by atoms with van der Waals surface area (Å²) in [5.41, 5.74) is 3.31. The molecule has 0 fully saturated rings. The van der Waals surface area contributed by atoms with Crippen LogP contribution in [0.25, 0.3) is 11.1 Å². The maximum Gasteiger partial charge on any atom is 0.203 e. The smallest absolute Gasteiger partial charge is 0.203 e. The largest absolute Gasteiger partial charge is 0.504 e. The van der Waals surface area contributed by atoms with Crippen molar-refractivity contribution in [2.24, 2.45) is 0 Å². The van der Waals surface area contributed by atoms with Crippen LogP contribution in [0.2, 0.25) is 0 Å². The van der Waals surface area contributed by atoms with Crippen molar-refractivity contribution in [1.29, 1.82) is 0 Å². The van der Waals surface area contributed by atoms with Crippen LogP contribution in [0.5, 0.6) is 28.7 Å². The minimum atomic E-state index is 0.0705. The maximum atomic E-state index is 10.6. The van der Waals surface area contributed by atoms with Crippen molar-refractivity contribution < 1.29 is 24.1 Å². The standard InChI is InChI=1S/C18H22O5/c1-10-9-14(21-4)16(19)15(11(10)2)12-7-8-13(20-3)18(23-6)17(12)22-5/h7-9,19H,1-6H3. The van der Waals surface area contributed by atoms with Gasteiger partial charge in [0, 0.05) is 11.1 Å². The monoisotopic (exact) mass is 318 g/mol. The highest BCUT2D eigenvalue weighted by Gasteiger charge is 2.23. The summed E-state index contributed by atoms with van der Waals surface area (Å²) in [6.45, 7) is 3.91. The minimum Gasteiger partial charge on any atom is -0.504 e. The van der Waals surface area contributed by atoms with Gasteiger partial charge in [-0.05, 0) is 43.2 Å². The number of rotatable bonds is 5. The molecule has 0 aliphatic rings. The Balaban J connectivity index is 2.85. The van der Waals surface area contributed by atoms with Crippen LogP contribution in [0.15, 0.2) is 18.2 Å². The highest BCUT2D eigenvalue weighted by atomic mass is 16.5. The minimum absolute atomic E-state index is 0.0705. The number of aryl methyl sites for hydroxylation is 1. The molecule has 2 aromatic carbocycles. The van der Waals surface area contributed by atoms with Crippen LogP contribution in [0.3, 0.4) is 0 Å². The Morgan fingerprint density at radius 1 is 0.783 bits per heavy atom. The van der Waals surface area contributed by atoms with E-state index in [4.69, 9.17) is 18.9 Å². The number of ether oxygens (including phenoxy) is 4. The van der Waals surface area contributed by atoms with E-state index in [1.165, 1.54) is 7.11 Å². The van der Waals surface area contributed by atoms with Gasteiger partial charge in [-0.2, -0.15) is 0 Å². The van der Waals surface area contributed by atoms with Gasteiger partial charge in [0.2, 0.25) is 5.75 Å². The summed E-state index contributed by atoms with van der Waals surface area (Å²) >= 11 is 0. The first-order valence-electron chi connectivity index (χ1n) is 7.16. The molecular weight excluding hydrogens is 296 g/mol. The van der Waals surface area contributed by atoms with E-state index in [9.17, 15) is 5.11 Å². The molecule has 0 atom stereocenters. The molecule has 5 heteroatoms. The lowest BCUT2D eigenvalue weighted by molar-refractivity contribution is 0.325. The zero-order valence-corrected chi connectivity index (χ0v) is 14.3.